The number of piperazine rings is 1. The van der Waals surface area contributed by atoms with Crippen LogP contribution in [-0.2, 0) is 4.74 Å². The number of carbonyl (C=O) groups is 1. The van der Waals surface area contributed by atoms with Crippen LogP contribution in [0, 0.1) is 5.92 Å². The smallest absolute Gasteiger partial charge is 0.410 e. The van der Waals surface area contributed by atoms with Gasteiger partial charge in [-0.05, 0) is 45.1 Å². The average Bonchev–Trinajstić information content (AvgIpc) is 2.69. The Bertz CT molecular complexity index is 652. The molecule has 2 fully saturated rings. The molecule has 0 unspecified atom stereocenters. The first kappa shape index (κ1) is 21.8. The van der Waals surface area contributed by atoms with Gasteiger partial charge >= 0.3 is 6.09 Å². The van der Waals surface area contributed by atoms with E-state index in [4.69, 9.17) is 4.74 Å². The lowest BCUT2D eigenvalue weighted by Gasteiger charge is -2.38. The lowest BCUT2D eigenvalue weighted by molar-refractivity contribution is 0.0161. The Morgan fingerprint density at radius 2 is 1.62 bits per heavy atom. The van der Waals surface area contributed by atoms with E-state index in [1.165, 1.54) is 5.56 Å². The summed E-state index contributed by atoms with van der Waals surface area (Å²) in [4.78, 5) is 19.2. The molecule has 0 bridgehead atoms. The van der Waals surface area contributed by atoms with E-state index in [-0.39, 0.29) is 6.09 Å². The Balaban J connectivity index is 1.32. The third kappa shape index (κ3) is 7.48. The minimum absolute atomic E-state index is 0.159. The second kappa shape index (κ2) is 10.3. The molecule has 2 aliphatic heterocycles. The Morgan fingerprint density at radius 3 is 2.24 bits per heavy atom. The fourth-order valence-corrected chi connectivity index (χ4v) is 4.05. The summed E-state index contributed by atoms with van der Waals surface area (Å²) < 4.78 is 5.50. The summed E-state index contributed by atoms with van der Waals surface area (Å²) in [6, 6.07) is 10.5. The van der Waals surface area contributed by atoms with E-state index in [1.54, 1.807) is 0 Å². The van der Waals surface area contributed by atoms with E-state index in [0.29, 0.717) is 5.92 Å². The van der Waals surface area contributed by atoms with Gasteiger partial charge < -0.3 is 14.5 Å². The maximum Gasteiger partial charge on any atom is 0.410 e. The van der Waals surface area contributed by atoms with Crippen molar-refractivity contribution in [2.24, 2.45) is 5.92 Å². The molecule has 29 heavy (non-hydrogen) atoms. The topological polar surface area (TPSA) is 36.0 Å². The zero-order chi connectivity index (χ0) is 20.7. The van der Waals surface area contributed by atoms with Crippen LogP contribution < -0.4 is 0 Å². The van der Waals surface area contributed by atoms with Crippen molar-refractivity contribution in [3.05, 3.63) is 42.0 Å². The van der Waals surface area contributed by atoms with Crippen LogP contribution in [0.25, 0.3) is 6.08 Å². The quantitative estimate of drug-likeness (QED) is 0.751. The zero-order valence-corrected chi connectivity index (χ0v) is 18.3. The van der Waals surface area contributed by atoms with E-state index in [2.05, 4.69) is 52.3 Å². The molecule has 0 atom stereocenters. The van der Waals surface area contributed by atoms with Gasteiger partial charge in [0.2, 0.25) is 0 Å². The highest BCUT2D eigenvalue weighted by molar-refractivity contribution is 5.68. The molecule has 3 rings (SSSR count). The maximum atomic E-state index is 12.2. The third-order valence-electron chi connectivity index (χ3n) is 5.72. The molecule has 0 N–H and O–H groups in total. The number of benzene rings is 1. The van der Waals surface area contributed by atoms with Crippen LogP contribution in [0.1, 0.15) is 39.2 Å². The fourth-order valence-electron chi connectivity index (χ4n) is 4.05. The summed E-state index contributed by atoms with van der Waals surface area (Å²) in [5.74, 6) is 0.693. The highest BCUT2D eigenvalue weighted by Gasteiger charge is 2.28. The van der Waals surface area contributed by atoms with Crippen molar-refractivity contribution >= 4 is 12.2 Å². The van der Waals surface area contributed by atoms with E-state index in [9.17, 15) is 4.79 Å². The number of ether oxygens (including phenoxy) is 1. The molecule has 0 aliphatic carbocycles. The van der Waals surface area contributed by atoms with Gasteiger partial charge in [0.25, 0.3) is 0 Å². The molecular weight excluding hydrogens is 362 g/mol. The molecule has 2 aliphatic rings. The van der Waals surface area contributed by atoms with Crippen LogP contribution in [-0.4, -0.2) is 78.8 Å². The average molecular weight is 400 g/mol. The molecular formula is C24H37N3O2. The van der Waals surface area contributed by atoms with Crippen molar-refractivity contribution in [2.75, 3.05) is 52.4 Å². The van der Waals surface area contributed by atoms with E-state index in [1.807, 2.05) is 25.7 Å². The monoisotopic (exact) mass is 399 g/mol. The van der Waals surface area contributed by atoms with Crippen molar-refractivity contribution in [2.45, 2.75) is 39.2 Å². The number of amides is 1. The molecule has 2 heterocycles. The number of hydrogen-bond donors (Lipinski definition) is 0. The lowest BCUT2D eigenvalue weighted by atomic mass is 9.96. The Labute approximate surface area is 176 Å². The molecule has 0 spiro atoms. The van der Waals surface area contributed by atoms with Crippen LogP contribution in [0.2, 0.25) is 0 Å². The molecule has 5 nitrogen and oxygen atoms in total. The molecule has 1 amide bonds. The van der Waals surface area contributed by atoms with Gasteiger partial charge in [0.15, 0.2) is 0 Å². The van der Waals surface area contributed by atoms with Gasteiger partial charge in [-0.3, -0.25) is 4.90 Å². The van der Waals surface area contributed by atoms with E-state index < -0.39 is 5.60 Å². The number of nitrogens with zero attached hydrogens (tertiary/aromatic N) is 3. The summed E-state index contributed by atoms with van der Waals surface area (Å²) in [5.41, 5.74) is 0.855. The third-order valence-corrected chi connectivity index (χ3v) is 5.72. The second-order valence-electron chi connectivity index (χ2n) is 9.33. The first-order valence-corrected chi connectivity index (χ1v) is 11.0. The van der Waals surface area contributed by atoms with Gasteiger partial charge in [-0.25, -0.2) is 4.79 Å². The predicted octanol–water partition coefficient (Wildman–Crippen LogP) is 3.96. The molecule has 2 saturated heterocycles. The number of likely N-dealkylation sites (tertiary alicyclic amines) is 1. The normalized spacial score (nSPS) is 20.3. The van der Waals surface area contributed by atoms with Crippen LogP contribution >= 0.6 is 0 Å². The van der Waals surface area contributed by atoms with Crippen LogP contribution in [0.3, 0.4) is 0 Å². The number of piperidine rings is 1. The zero-order valence-electron chi connectivity index (χ0n) is 18.3. The minimum Gasteiger partial charge on any atom is -0.444 e. The molecule has 5 heteroatoms. The highest BCUT2D eigenvalue weighted by atomic mass is 16.6. The Morgan fingerprint density at radius 1 is 1.00 bits per heavy atom. The summed E-state index contributed by atoms with van der Waals surface area (Å²) in [6.45, 7) is 14.2. The number of rotatable bonds is 5. The fraction of sp³-hybridized carbons (Fsp3) is 0.625. The first-order chi connectivity index (χ1) is 13.9. The van der Waals surface area contributed by atoms with Crippen LogP contribution in [0.15, 0.2) is 36.4 Å². The van der Waals surface area contributed by atoms with Crippen molar-refractivity contribution in [3.63, 3.8) is 0 Å². The molecule has 160 valence electrons. The Kier molecular flexibility index (Phi) is 7.73. The van der Waals surface area contributed by atoms with Gasteiger partial charge in [0.05, 0.1) is 0 Å². The van der Waals surface area contributed by atoms with Gasteiger partial charge in [0, 0.05) is 52.4 Å². The van der Waals surface area contributed by atoms with Gasteiger partial charge in [-0.2, -0.15) is 0 Å². The summed E-state index contributed by atoms with van der Waals surface area (Å²) in [6.07, 6.45) is 6.49. The summed E-state index contributed by atoms with van der Waals surface area (Å²) in [7, 11) is 0. The standard InChI is InChI=1S/C24H37N3O2/c1-24(2,3)29-23(28)27-14-11-22(12-15-27)20-26-18-16-25(17-19-26)13-7-10-21-8-5-4-6-9-21/h4-10,22H,11-20H2,1-3H3/b10-7+. The minimum atomic E-state index is -0.413. The van der Waals surface area contributed by atoms with Crippen LogP contribution in [0.4, 0.5) is 4.79 Å². The molecule has 1 aromatic rings. The van der Waals surface area contributed by atoms with E-state index >= 15 is 0 Å². The first-order valence-electron chi connectivity index (χ1n) is 11.0. The van der Waals surface area contributed by atoms with E-state index in [0.717, 1.165) is 65.2 Å². The summed E-state index contributed by atoms with van der Waals surface area (Å²) >= 11 is 0. The van der Waals surface area contributed by atoms with Gasteiger partial charge in [0.1, 0.15) is 5.60 Å². The second-order valence-corrected chi connectivity index (χ2v) is 9.33. The molecule has 0 saturated carbocycles. The molecule has 1 aromatic carbocycles. The highest BCUT2D eigenvalue weighted by Crippen LogP contribution is 2.21. The Hall–Kier alpha value is -1.85. The molecule has 0 radical (unpaired) electrons. The van der Waals surface area contributed by atoms with Gasteiger partial charge in [-0.15, -0.1) is 0 Å². The van der Waals surface area contributed by atoms with Crippen molar-refractivity contribution in [1.82, 2.24) is 14.7 Å². The molecule has 0 aromatic heterocycles. The largest absolute Gasteiger partial charge is 0.444 e. The van der Waals surface area contributed by atoms with Gasteiger partial charge in [-0.1, -0.05) is 42.5 Å². The van der Waals surface area contributed by atoms with Crippen molar-refractivity contribution in [1.29, 1.82) is 0 Å². The van der Waals surface area contributed by atoms with Crippen molar-refractivity contribution in [3.8, 4) is 0 Å². The predicted molar refractivity (Wildman–Crippen MR) is 119 cm³/mol. The maximum absolute atomic E-state index is 12.2. The van der Waals surface area contributed by atoms with Crippen LogP contribution in [0.5, 0.6) is 0 Å². The summed E-state index contributed by atoms with van der Waals surface area (Å²) in [5, 5.41) is 0. The number of hydrogen-bond acceptors (Lipinski definition) is 4. The SMILES string of the molecule is CC(C)(C)OC(=O)N1CCC(CN2CCN(C/C=C/c3ccccc3)CC2)CC1. The number of carbonyl (C=O) groups excluding carboxylic acids is 1. The lowest BCUT2D eigenvalue weighted by Crippen LogP contribution is -2.49. The van der Waals surface area contributed by atoms with Crippen molar-refractivity contribution < 1.29 is 9.53 Å².